The van der Waals surface area contributed by atoms with Crippen LogP contribution in [-0.4, -0.2) is 45.4 Å². The molecule has 2 aromatic carbocycles. The third-order valence-corrected chi connectivity index (χ3v) is 8.06. The van der Waals surface area contributed by atoms with Gasteiger partial charge in [-0.05, 0) is 61.2 Å². The number of sulfonamides is 1. The first-order chi connectivity index (χ1) is 14.3. The average Bonchev–Trinajstić information content (AvgIpc) is 3.16. The zero-order valence-corrected chi connectivity index (χ0v) is 18.9. The van der Waals surface area contributed by atoms with Gasteiger partial charge in [0, 0.05) is 29.8 Å². The predicted molar refractivity (Wildman–Crippen MR) is 115 cm³/mol. The van der Waals surface area contributed by atoms with Crippen molar-refractivity contribution in [2.75, 3.05) is 31.6 Å². The van der Waals surface area contributed by atoms with Crippen LogP contribution in [0.2, 0.25) is 0 Å². The van der Waals surface area contributed by atoms with E-state index >= 15 is 0 Å². The van der Waals surface area contributed by atoms with E-state index < -0.39 is 21.8 Å². The topological polar surface area (TPSA) is 66.9 Å². The maximum atomic E-state index is 13.8. The zero-order valence-electron chi connectivity index (χ0n) is 16.5. The third kappa shape index (κ3) is 3.86. The molecule has 2 heterocycles. The second-order valence-corrected chi connectivity index (χ2v) is 10.3. The number of piperidine rings is 1. The fraction of sp³-hybridized carbons (Fsp3) is 0.381. The van der Waals surface area contributed by atoms with E-state index in [1.54, 1.807) is 4.90 Å². The first-order valence-corrected chi connectivity index (χ1v) is 12.0. The number of benzene rings is 2. The fourth-order valence-corrected chi connectivity index (χ4v) is 6.27. The van der Waals surface area contributed by atoms with Gasteiger partial charge < -0.3 is 9.64 Å². The van der Waals surface area contributed by atoms with Gasteiger partial charge in [0.2, 0.25) is 15.9 Å². The molecule has 2 aromatic rings. The summed E-state index contributed by atoms with van der Waals surface area (Å²) in [6, 6.07) is 9.25. The summed E-state index contributed by atoms with van der Waals surface area (Å²) in [7, 11) is -2.65. The molecule has 0 bridgehead atoms. The Hall–Kier alpha value is -1.97. The quantitative estimate of drug-likeness (QED) is 0.648. The maximum absolute atomic E-state index is 13.8. The fourth-order valence-electron chi connectivity index (χ4n) is 4.17. The van der Waals surface area contributed by atoms with Crippen molar-refractivity contribution in [2.24, 2.45) is 5.92 Å². The average molecular weight is 497 g/mol. The lowest BCUT2D eigenvalue weighted by atomic mass is 9.98. The van der Waals surface area contributed by atoms with E-state index in [2.05, 4.69) is 15.9 Å². The van der Waals surface area contributed by atoms with Crippen molar-refractivity contribution >= 4 is 37.5 Å². The molecule has 0 saturated carbocycles. The Kier molecular flexibility index (Phi) is 5.87. The molecule has 1 saturated heterocycles. The standard InChI is InChI=1S/C21H22BrFN2O4S/c1-29-19-7-5-17(23)12-20(19)30(27,28)24-9-2-3-15(13-24)21(26)25-10-8-14-11-16(22)4-6-18(14)25/h4-7,11-12,15H,2-3,8-10,13H2,1H3/t15-/m1/s1. The number of halogens is 2. The minimum Gasteiger partial charge on any atom is -0.495 e. The van der Waals surface area contributed by atoms with Gasteiger partial charge in [-0.25, -0.2) is 12.8 Å². The van der Waals surface area contributed by atoms with Crippen LogP contribution in [-0.2, 0) is 21.2 Å². The lowest BCUT2D eigenvalue weighted by Crippen LogP contribution is -2.46. The van der Waals surface area contributed by atoms with Crippen LogP contribution in [0.1, 0.15) is 18.4 Å². The van der Waals surface area contributed by atoms with Gasteiger partial charge in [0.15, 0.2) is 0 Å². The van der Waals surface area contributed by atoms with Gasteiger partial charge in [-0.1, -0.05) is 15.9 Å². The number of ether oxygens (including phenoxy) is 1. The van der Waals surface area contributed by atoms with Crippen molar-refractivity contribution in [3.05, 3.63) is 52.3 Å². The molecule has 0 aromatic heterocycles. The first-order valence-electron chi connectivity index (χ1n) is 9.75. The number of hydrogen-bond donors (Lipinski definition) is 0. The second-order valence-electron chi connectivity index (χ2n) is 7.51. The highest BCUT2D eigenvalue weighted by Crippen LogP contribution is 2.34. The van der Waals surface area contributed by atoms with E-state index in [-0.39, 0.29) is 29.6 Å². The van der Waals surface area contributed by atoms with E-state index in [9.17, 15) is 17.6 Å². The molecule has 4 rings (SSSR count). The molecule has 0 N–H and O–H groups in total. The summed E-state index contributed by atoms with van der Waals surface area (Å²) in [6.07, 6.45) is 1.96. The Balaban J connectivity index is 1.57. The second kappa shape index (κ2) is 8.28. The molecule has 6 nitrogen and oxygen atoms in total. The summed E-state index contributed by atoms with van der Waals surface area (Å²) < 4.78 is 47.5. The maximum Gasteiger partial charge on any atom is 0.246 e. The summed E-state index contributed by atoms with van der Waals surface area (Å²) in [5.74, 6) is -1.08. The SMILES string of the molecule is COc1ccc(F)cc1S(=O)(=O)N1CCC[C@@H](C(=O)N2CCc3cc(Br)ccc32)C1. The van der Waals surface area contributed by atoms with Crippen LogP contribution in [0.5, 0.6) is 5.75 Å². The summed E-state index contributed by atoms with van der Waals surface area (Å²) >= 11 is 3.45. The van der Waals surface area contributed by atoms with E-state index in [0.29, 0.717) is 19.4 Å². The third-order valence-electron chi connectivity index (χ3n) is 5.68. The lowest BCUT2D eigenvalue weighted by Gasteiger charge is -2.33. The molecule has 1 amide bonds. The number of hydrogen-bond acceptors (Lipinski definition) is 4. The monoisotopic (exact) mass is 496 g/mol. The number of nitrogens with zero attached hydrogens (tertiary/aromatic N) is 2. The Morgan fingerprint density at radius 2 is 2.00 bits per heavy atom. The molecular formula is C21H22BrFN2O4S. The Morgan fingerprint density at radius 1 is 1.20 bits per heavy atom. The molecule has 30 heavy (non-hydrogen) atoms. The molecule has 0 aliphatic carbocycles. The highest BCUT2D eigenvalue weighted by Gasteiger charge is 2.38. The van der Waals surface area contributed by atoms with Crippen molar-refractivity contribution in [3.8, 4) is 5.75 Å². The summed E-state index contributed by atoms with van der Waals surface area (Å²) in [6.45, 7) is 0.949. The van der Waals surface area contributed by atoms with Gasteiger partial charge in [-0.3, -0.25) is 4.79 Å². The highest BCUT2D eigenvalue weighted by atomic mass is 79.9. The van der Waals surface area contributed by atoms with Gasteiger partial charge in [0.1, 0.15) is 16.5 Å². The molecule has 1 fully saturated rings. The van der Waals surface area contributed by atoms with Crippen molar-refractivity contribution in [3.63, 3.8) is 0 Å². The molecule has 2 aliphatic heterocycles. The van der Waals surface area contributed by atoms with Gasteiger partial charge >= 0.3 is 0 Å². The van der Waals surface area contributed by atoms with Crippen LogP contribution in [0.4, 0.5) is 10.1 Å². The number of carbonyl (C=O) groups excluding carboxylic acids is 1. The van der Waals surface area contributed by atoms with E-state index in [1.165, 1.54) is 17.5 Å². The summed E-state index contributed by atoms with van der Waals surface area (Å²) in [5, 5.41) is 0. The van der Waals surface area contributed by atoms with Gasteiger partial charge in [0.05, 0.1) is 13.0 Å². The smallest absolute Gasteiger partial charge is 0.246 e. The molecule has 1 atom stereocenters. The van der Waals surface area contributed by atoms with Gasteiger partial charge in [0.25, 0.3) is 0 Å². The van der Waals surface area contributed by atoms with Crippen LogP contribution in [0.3, 0.4) is 0 Å². The number of anilines is 1. The number of methoxy groups -OCH3 is 1. The van der Waals surface area contributed by atoms with E-state index in [1.807, 2.05) is 18.2 Å². The molecular weight excluding hydrogens is 475 g/mol. The number of carbonyl (C=O) groups is 1. The van der Waals surface area contributed by atoms with Crippen molar-refractivity contribution in [1.82, 2.24) is 4.31 Å². The molecule has 2 aliphatic rings. The zero-order chi connectivity index (χ0) is 21.5. The van der Waals surface area contributed by atoms with Crippen LogP contribution < -0.4 is 9.64 Å². The van der Waals surface area contributed by atoms with Crippen LogP contribution in [0.25, 0.3) is 0 Å². The van der Waals surface area contributed by atoms with Crippen LogP contribution in [0, 0.1) is 11.7 Å². The van der Waals surface area contributed by atoms with E-state index in [4.69, 9.17) is 4.74 Å². The number of rotatable bonds is 4. The van der Waals surface area contributed by atoms with E-state index in [0.717, 1.165) is 34.3 Å². The van der Waals surface area contributed by atoms with Gasteiger partial charge in [-0.2, -0.15) is 4.31 Å². The molecule has 0 radical (unpaired) electrons. The van der Waals surface area contributed by atoms with Crippen molar-refractivity contribution in [2.45, 2.75) is 24.2 Å². The van der Waals surface area contributed by atoms with Crippen molar-refractivity contribution in [1.29, 1.82) is 0 Å². The minimum atomic E-state index is -3.99. The normalized spacial score (nSPS) is 19.6. The molecule has 9 heteroatoms. The predicted octanol–water partition coefficient (Wildman–Crippen LogP) is 3.59. The minimum absolute atomic E-state index is 0.0674. The molecule has 160 valence electrons. The largest absolute Gasteiger partial charge is 0.495 e. The van der Waals surface area contributed by atoms with Gasteiger partial charge in [-0.15, -0.1) is 0 Å². The number of fused-ring (bicyclic) bond motifs is 1. The van der Waals surface area contributed by atoms with Crippen LogP contribution >= 0.6 is 15.9 Å². The Morgan fingerprint density at radius 3 is 2.77 bits per heavy atom. The van der Waals surface area contributed by atoms with Crippen molar-refractivity contribution < 1.29 is 22.3 Å². The Labute approximate surface area is 183 Å². The molecule has 0 unspecified atom stereocenters. The lowest BCUT2D eigenvalue weighted by molar-refractivity contribution is -0.123. The molecule has 0 spiro atoms. The van der Waals surface area contributed by atoms with Crippen LogP contribution in [0.15, 0.2) is 45.8 Å². The number of amides is 1. The first kappa shape index (κ1) is 21.3. The summed E-state index contributed by atoms with van der Waals surface area (Å²) in [5.41, 5.74) is 1.98. The Bertz CT molecular complexity index is 1090. The highest BCUT2D eigenvalue weighted by molar-refractivity contribution is 9.10. The summed E-state index contributed by atoms with van der Waals surface area (Å²) in [4.78, 5) is 14.8.